The molecule has 1 aromatic rings. The topological polar surface area (TPSA) is 57.0 Å². The van der Waals surface area contributed by atoms with Crippen LogP contribution in [0, 0.1) is 0 Å². The number of piperazine rings is 1. The highest BCUT2D eigenvalue weighted by atomic mass is 16.4. The molecule has 1 aromatic heterocycles. The lowest BCUT2D eigenvalue weighted by Crippen LogP contribution is -2.53. The van der Waals surface area contributed by atoms with Crippen molar-refractivity contribution < 1.29 is 14.0 Å². The highest BCUT2D eigenvalue weighted by Gasteiger charge is 2.38. The van der Waals surface area contributed by atoms with Crippen molar-refractivity contribution in [3.8, 4) is 0 Å². The third-order valence-electron chi connectivity index (χ3n) is 5.82. The first-order valence-electron chi connectivity index (χ1n) is 9.53. The van der Waals surface area contributed by atoms with Crippen molar-refractivity contribution >= 4 is 11.8 Å². The lowest BCUT2D eigenvalue weighted by Gasteiger charge is -2.35. The number of fused-ring (bicyclic) bond motifs is 1. The molecule has 6 nitrogen and oxygen atoms in total. The van der Waals surface area contributed by atoms with E-state index in [2.05, 4.69) is 11.9 Å². The zero-order valence-electron chi connectivity index (χ0n) is 15.0. The molecule has 6 heteroatoms. The number of hydrogen-bond donors (Lipinski definition) is 0. The number of rotatable bonds is 2. The molecule has 2 saturated heterocycles. The van der Waals surface area contributed by atoms with Crippen LogP contribution < -0.4 is 0 Å². The highest BCUT2D eigenvalue weighted by Crippen LogP contribution is 2.28. The van der Waals surface area contributed by atoms with E-state index in [1.54, 1.807) is 4.90 Å². The van der Waals surface area contributed by atoms with Crippen molar-refractivity contribution in [1.29, 1.82) is 0 Å². The van der Waals surface area contributed by atoms with E-state index in [0.717, 1.165) is 70.5 Å². The van der Waals surface area contributed by atoms with Gasteiger partial charge in [0, 0.05) is 39.1 Å². The number of amides is 2. The van der Waals surface area contributed by atoms with Crippen molar-refractivity contribution in [2.24, 2.45) is 0 Å². The summed E-state index contributed by atoms with van der Waals surface area (Å²) in [5.41, 5.74) is 1.18. The molecule has 3 aliphatic rings. The van der Waals surface area contributed by atoms with Crippen LogP contribution in [0.15, 0.2) is 10.5 Å². The smallest absolute Gasteiger partial charge is 0.290 e. The minimum atomic E-state index is -0.321. The summed E-state index contributed by atoms with van der Waals surface area (Å²) in [6.45, 7) is 3.95. The molecule has 1 aliphatic carbocycles. The van der Waals surface area contributed by atoms with E-state index in [1.165, 1.54) is 5.56 Å². The maximum atomic E-state index is 13.0. The fourth-order valence-corrected chi connectivity index (χ4v) is 4.24. The van der Waals surface area contributed by atoms with Gasteiger partial charge >= 0.3 is 0 Å². The van der Waals surface area contributed by atoms with Crippen LogP contribution in [-0.4, -0.2) is 72.3 Å². The molecule has 136 valence electrons. The van der Waals surface area contributed by atoms with Crippen LogP contribution in [0.4, 0.5) is 0 Å². The molecule has 25 heavy (non-hydrogen) atoms. The maximum Gasteiger partial charge on any atom is 0.290 e. The molecule has 0 radical (unpaired) electrons. The molecule has 0 N–H and O–H groups in total. The van der Waals surface area contributed by atoms with Gasteiger partial charge in [-0.2, -0.15) is 0 Å². The average molecular weight is 345 g/mol. The molecule has 0 spiro atoms. The third-order valence-corrected chi connectivity index (χ3v) is 5.82. The lowest BCUT2D eigenvalue weighted by molar-refractivity contribution is -0.136. The van der Waals surface area contributed by atoms with Gasteiger partial charge in [0.05, 0.1) is 0 Å². The van der Waals surface area contributed by atoms with Gasteiger partial charge in [-0.1, -0.05) is 0 Å². The van der Waals surface area contributed by atoms with E-state index in [0.29, 0.717) is 12.3 Å². The summed E-state index contributed by atoms with van der Waals surface area (Å²) in [5.74, 6) is 1.38. The number of carbonyl (C=O) groups excluding carboxylic acids is 2. The van der Waals surface area contributed by atoms with Crippen molar-refractivity contribution in [2.75, 3.05) is 39.8 Å². The zero-order chi connectivity index (χ0) is 17.4. The summed E-state index contributed by atoms with van der Waals surface area (Å²) in [5, 5.41) is 0. The van der Waals surface area contributed by atoms with E-state index >= 15 is 0 Å². The number of hydrogen-bond acceptors (Lipinski definition) is 4. The van der Waals surface area contributed by atoms with Gasteiger partial charge in [-0.05, 0) is 50.8 Å². The average Bonchev–Trinajstić information content (AvgIpc) is 3.28. The zero-order valence-corrected chi connectivity index (χ0v) is 15.0. The Kier molecular flexibility index (Phi) is 4.54. The summed E-state index contributed by atoms with van der Waals surface area (Å²) in [6, 6.07) is 1.59. The number of likely N-dealkylation sites (N-methyl/N-ethyl adjacent to an activating group) is 1. The number of nitrogens with zero attached hydrogens (tertiary/aromatic N) is 3. The Morgan fingerprint density at radius 3 is 2.56 bits per heavy atom. The van der Waals surface area contributed by atoms with Gasteiger partial charge in [-0.25, -0.2) is 0 Å². The van der Waals surface area contributed by atoms with E-state index in [-0.39, 0.29) is 17.9 Å². The monoisotopic (exact) mass is 345 g/mol. The van der Waals surface area contributed by atoms with Gasteiger partial charge in [0.1, 0.15) is 11.8 Å². The molecule has 3 heterocycles. The van der Waals surface area contributed by atoms with Crippen LogP contribution in [-0.2, 0) is 17.6 Å². The maximum absolute atomic E-state index is 13.0. The fraction of sp³-hybridized carbons (Fsp3) is 0.684. The third kappa shape index (κ3) is 3.19. The van der Waals surface area contributed by atoms with Gasteiger partial charge < -0.3 is 19.1 Å². The first kappa shape index (κ1) is 16.6. The summed E-state index contributed by atoms with van der Waals surface area (Å²) in [4.78, 5) is 31.8. The Morgan fingerprint density at radius 1 is 1.04 bits per heavy atom. The van der Waals surface area contributed by atoms with Crippen molar-refractivity contribution in [1.82, 2.24) is 14.7 Å². The largest absolute Gasteiger partial charge is 0.456 e. The normalized spacial score (nSPS) is 24.4. The Balaban J connectivity index is 1.48. The lowest BCUT2D eigenvalue weighted by atomic mass is 9.99. The quantitative estimate of drug-likeness (QED) is 0.816. The Bertz CT molecular complexity index is 637. The summed E-state index contributed by atoms with van der Waals surface area (Å²) >= 11 is 0. The second-order valence-corrected chi connectivity index (χ2v) is 7.55. The van der Waals surface area contributed by atoms with Gasteiger partial charge in [-0.3, -0.25) is 9.59 Å². The predicted octanol–water partition coefficient (Wildman–Crippen LogP) is 1.54. The van der Waals surface area contributed by atoms with Crippen molar-refractivity contribution in [3.05, 3.63) is 23.2 Å². The van der Waals surface area contributed by atoms with Crippen LogP contribution in [0.3, 0.4) is 0 Å². The van der Waals surface area contributed by atoms with Crippen LogP contribution in [0.5, 0.6) is 0 Å². The van der Waals surface area contributed by atoms with Crippen LogP contribution in [0.2, 0.25) is 0 Å². The highest BCUT2D eigenvalue weighted by molar-refractivity contribution is 5.96. The number of furan rings is 1. The molecule has 2 fully saturated rings. The second-order valence-electron chi connectivity index (χ2n) is 7.55. The van der Waals surface area contributed by atoms with Crippen molar-refractivity contribution in [3.63, 3.8) is 0 Å². The molecule has 4 rings (SSSR count). The Morgan fingerprint density at radius 2 is 1.80 bits per heavy atom. The van der Waals surface area contributed by atoms with Crippen LogP contribution in [0.1, 0.15) is 47.6 Å². The molecule has 1 atom stereocenters. The SMILES string of the molecule is CN1CCN(C(=O)C2CCCN2C(=O)c2cc3c(o2)CCCC3)CC1. The number of aryl methyl sites for hydroxylation is 2. The molecule has 2 aliphatic heterocycles. The van der Waals surface area contributed by atoms with E-state index < -0.39 is 0 Å². The Labute approximate surface area is 148 Å². The van der Waals surface area contributed by atoms with Crippen molar-refractivity contribution in [2.45, 2.75) is 44.6 Å². The summed E-state index contributed by atoms with van der Waals surface area (Å²) < 4.78 is 5.85. The standard InChI is InChI=1S/C19H27N3O3/c1-20-9-11-21(12-10-20)18(23)15-6-4-8-22(15)19(24)17-13-14-5-2-3-7-16(14)25-17/h13,15H,2-12H2,1H3. The van der Waals surface area contributed by atoms with E-state index in [4.69, 9.17) is 4.42 Å². The number of likely N-dealkylation sites (tertiary alicyclic amines) is 1. The van der Waals surface area contributed by atoms with Gasteiger partial charge in [-0.15, -0.1) is 0 Å². The minimum Gasteiger partial charge on any atom is -0.456 e. The minimum absolute atomic E-state index is 0.107. The van der Waals surface area contributed by atoms with Crippen LogP contribution in [0.25, 0.3) is 0 Å². The molecular weight excluding hydrogens is 318 g/mol. The van der Waals surface area contributed by atoms with E-state index in [9.17, 15) is 9.59 Å². The first-order chi connectivity index (χ1) is 12.1. The molecule has 2 amide bonds. The predicted molar refractivity (Wildman–Crippen MR) is 93.5 cm³/mol. The molecular formula is C19H27N3O3. The van der Waals surface area contributed by atoms with Gasteiger partial charge in [0.15, 0.2) is 5.76 Å². The Hall–Kier alpha value is -1.82. The number of carbonyl (C=O) groups is 2. The van der Waals surface area contributed by atoms with E-state index in [1.807, 2.05) is 11.0 Å². The second kappa shape index (κ2) is 6.83. The van der Waals surface area contributed by atoms with Gasteiger partial charge in [0.2, 0.25) is 5.91 Å². The molecule has 1 unspecified atom stereocenters. The molecule has 0 bridgehead atoms. The molecule has 0 saturated carbocycles. The fourth-order valence-electron chi connectivity index (χ4n) is 4.24. The first-order valence-corrected chi connectivity index (χ1v) is 9.53. The molecule has 0 aromatic carbocycles. The summed E-state index contributed by atoms with van der Waals surface area (Å²) in [6.07, 6.45) is 5.85. The van der Waals surface area contributed by atoms with Gasteiger partial charge in [0.25, 0.3) is 5.91 Å². The summed E-state index contributed by atoms with van der Waals surface area (Å²) in [7, 11) is 2.08. The van der Waals surface area contributed by atoms with Crippen LogP contribution >= 0.6 is 0 Å².